The number of hydrogen-bond acceptors (Lipinski definition) is 2. The van der Waals surface area contributed by atoms with Gasteiger partial charge < -0.3 is 4.74 Å². The smallest absolute Gasteiger partial charge is 0.188 e. The first-order chi connectivity index (χ1) is 6.56. The zero-order chi connectivity index (χ0) is 10.7. The van der Waals surface area contributed by atoms with E-state index in [1.54, 1.807) is 32.2 Å². The molecule has 0 heterocycles. The highest BCUT2D eigenvalue weighted by molar-refractivity contribution is 9.10. The maximum Gasteiger partial charge on any atom is 0.188 e. The number of ketones is 1. The van der Waals surface area contributed by atoms with Crippen LogP contribution in [-0.4, -0.2) is 12.9 Å². The second-order valence-corrected chi connectivity index (χ2v) is 3.81. The number of benzene rings is 1. The number of halogens is 1. The van der Waals surface area contributed by atoms with Gasteiger partial charge in [-0.2, -0.15) is 0 Å². The van der Waals surface area contributed by atoms with Crippen molar-refractivity contribution in [1.29, 1.82) is 0 Å². The second-order valence-electron chi connectivity index (χ2n) is 2.96. The van der Waals surface area contributed by atoms with E-state index in [-0.39, 0.29) is 5.78 Å². The molecule has 0 N–H and O–H groups in total. The van der Waals surface area contributed by atoms with Gasteiger partial charge in [-0.1, -0.05) is 6.58 Å². The third-order valence-corrected chi connectivity index (χ3v) is 2.46. The largest absolute Gasteiger partial charge is 0.496 e. The lowest BCUT2D eigenvalue weighted by Crippen LogP contribution is -1.99. The molecule has 0 saturated heterocycles. The SMILES string of the molecule is C=C(C)C(=O)c1ccc(Br)c(OC)c1. The Bertz CT molecular complexity index is 383. The summed E-state index contributed by atoms with van der Waals surface area (Å²) in [6.07, 6.45) is 0. The summed E-state index contributed by atoms with van der Waals surface area (Å²) in [5.74, 6) is 0.591. The number of methoxy groups -OCH3 is 1. The highest BCUT2D eigenvalue weighted by Gasteiger charge is 2.09. The molecule has 74 valence electrons. The third kappa shape index (κ3) is 2.23. The van der Waals surface area contributed by atoms with Gasteiger partial charge in [-0.3, -0.25) is 4.79 Å². The summed E-state index contributed by atoms with van der Waals surface area (Å²) in [5.41, 5.74) is 1.12. The lowest BCUT2D eigenvalue weighted by atomic mass is 10.1. The van der Waals surface area contributed by atoms with Gasteiger partial charge in [-0.05, 0) is 46.6 Å². The highest BCUT2D eigenvalue weighted by Crippen LogP contribution is 2.26. The Morgan fingerprint density at radius 1 is 1.50 bits per heavy atom. The van der Waals surface area contributed by atoms with Crippen LogP contribution in [0.25, 0.3) is 0 Å². The summed E-state index contributed by atoms with van der Waals surface area (Å²) in [6.45, 7) is 5.30. The Hall–Kier alpha value is -1.09. The van der Waals surface area contributed by atoms with Crippen molar-refractivity contribution < 1.29 is 9.53 Å². The van der Waals surface area contributed by atoms with Crippen LogP contribution in [0.1, 0.15) is 17.3 Å². The minimum absolute atomic E-state index is 0.0594. The van der Waals surface area contributed by atoms with Crippen LogP contribution < -0.4 is 4.74 Å². The molecule has 0 fully saturated rings. The van der Waals surface area contributed by atoms with E-state index in [9.17, 15) is 4.79 Å². The van der Waals surface area contributed by atoms with Crippen molar-refractivity contribution in [1.82, 2.24) is 0 Å². The van der Waals surface area contributed by atoms with E-state index in [1.165, 1.54) is 0 Å². The molecule has 0 radical (unpaired) electrons. The van der Waals surface area contributed by atoms with Crippen molar-refractivity contribution in [2.24, 2.45) is 0 Å². The van der Waals surface area contributed by atoms with Crippen molar-refractivity contribution in [2.75, 3.05) is 7.11 Å². The molecule has 0 bridgehead atoms. The van der Waals surface area contributed by atoms with Gasteiger partial charge in [0.25, 0.3) is 0 Å². The van der Waals surface area contributed by atoms with Crippen LogP contribution in [-0.2, 0) is 0 Å². The van der Waals surface area contributed by atoms with Gasteiger partial charge in [-0.25, -0.2) is 0 Å². The molecule has 2 nitrogen and oxygen atoms in total. The zero-order valence-electron chi connectivity index (χ0n) is 8.13. The maximum absolute atomic E-state index is 11.6. The summed E-state index contributed by atoms with van der Waals surface area (Å²) < 4.78 is 5.92. The molecule has 0 saturated carbocycles. The molecular formula is C11H11BrO2. The standard InChI is InChI=1S/C11H11BrO2/c1-7(2)11(13)8-4-5-9(12)10(6-8)14-3/h4-6H,1H2,2-3H3. The summed E-state index contributed by atoms with van der Waals surface area (Å²) in [5, 5.41) is 0. The first kappa shape index (κ1) is 11.0. The number of allylic oxidation sites excluding steroid dienone is 1. The lowest BCUT2D eigenvalue weighted by Gasteiger charge is -2.05. The molecule has 0 aliphatic rings. The molecule has 0 unspecified atom stereocenters. The van der Waals surface area contributed by atoms with E-state index in [2.05, 4.69) is 22.5 Å². The van der Waals surface area contributed by atoms with Gasteiger partial charge in [0.15, 0.2) is 5.78 Å². The third-order valence-electron chi connectivity index (χ3n) is 1.80. The van der Waals surface area contributed by atoms with Crippen LogP contribution in [0.4, 0.5) is 0 Å². The van der Waals surface area contributed by atoms with E-state index >= 15 is 0 Å². The Morgan fingerprint density at radius 3 is 2.64 bits per heavy atom. The minimum atomic E-state index is -0.0594. The van der Waals surface area contributed by atoms with Gasteiger partial charge in [0.05, 0.1) is 11.6 Å². The van der Waals surface area contributed by atoms with Crippen molar-refractivity contribution in [3.63, 3.8) is 0 Å². The average molecular weight is 255 g/mol. The van der Waals surface area contributed by atoms with Gasteiger partial charge in [0, 0.05) is 5.56 Å². The zero-order valence-corrected chi connectivity index (χ0v) is 9.72. The van der Waals surface area contributed by atoms with Gasteiger partial charge >= 0.3 is 0 Å². The molecule has 1 aromatic rings. The predicted octanol–water partition coefficient (Wildman–Crippen LogP) is 3.22. The normalized spacial score (nSPS) is 9.64. The van der Waals surface area contributed by atoms with E-state index in [0.717, 1.165) is 4.47 Å². The molecule has 0 atom stereocenters. The molecule has 1 rings (SSSR count). The quantitative estimate of drug-likeness (QED) is 0.612. The van der Waals surface area contributed by atoms with Gasteiger partial charge in [0.1, 0.15) is 5.75 Å². The number of Topliss-reactive ketones (excluding diaryl/α,β-unsaturated/α-hetero) is 1. The molecule has 0 spiro atoms. The summed E-state index contributed by atoms with van der Waals surface area (Å²) in [6, 6.07) is 5.22. The van der Waals surface area contributed by atoms with E-state index < -0.39 is 0 Å². The Labute approximate surface area is 91.7 Å². The van der Waals surface area contributed by atoms with Crippen LogP contribution >= 0.6 is 15.9 Å². The fraction of sp³-hybridized carbons (Fsp3) is 0.182. The van der Waals surface area contributed by atoms with Crippen LogP contribution in [0, 0.1) is 0 Å². The Morgan fingerprint density at radius 2 is 2.14 bits per heavy atom. The molecule has 0 aromatic heterocycles. The van der Waals surface area contributed by atoms with Crippen LogP contribution in [0.15, 0.2) is 34.8 Å². The Kier molecular flexibility index (Phi) is 3.47. The molecule has 3 heteroatoms. The van der Waals surface area contributed by atoms with E-state index in [1.807, 2.05) is 0 Å². The van der Waals surface area contributed by atoms with Crippen molar-refractivity contribution in [3.05, 3.63) is 40.4 Å². The molecule has 0 aliphatic carbocycles. The summed E-state index contributed by atoms with van der Waals surface area (Å²) in [4.78, 5) is 11.6. The Balaban J connectivity index is 3.12. The fourth-order valence-electron chi connectivity index (χ4n) is 1.05. The molecular weight excluding hydrogens is 244 g/mol. The molecule has 1 aromatic carbocycles. The number of rotatable bonds is 3. The van der Waals surface area contributed by atoms with Crippen molar-refractivity contribution in [2.45, 2.75) is 6.92 Å². The first-order valence-electron chi connectivity index (χ1n) is 4.10. The molecule has 0 amide bonds. The van der Waals surface area contributed by atoms with Crippen LogP contribution in [0.5, 0.6) is 5.75 Å². The molecule has 0 aliphatic heterocycles. The minimum Gasteiger partial charge on any atom is -0.496 e. The van der Waals surface area contributed by atoms with Gasteiger partial charge in [0.2, 0.25) is 0 Å². The predicted molar refractivity (Wildman–Crippen MR) is 59.8 cm³/mol. The maximum atomic E-state index is 11.6. The van der Waals surface area contributed by atoms with Gasteiger partial charge in [-0.15, -0.1) is 0 Å². The van der Waals surface area contributed by atoms with Crippen LogP contribution in [0.2, 0.25) is 0 Å². The number of carbonyl (C=O) groups is 1. The number of carbonyl (C=O) groups excluding carboxylic acids is 1. The average Bonchev–Trinajstić information content (AvgIpc) is 2.17. The summed E-state index contributed by atoms with van der Waals surface area (Å²) >= 11 is 3.32. The highest BCUT2D eigenvalue weighted by atomic mass is 79.9. The topological polar surface area (TPSA) is 26.3 Å². The van der Waals surface area contributed by atoms with Crippen molar-refractivity contribution >= 4 is 21.7 Å². The monoisotopic (exact) mass is 254 g/mol. The number of ether oxygens (including phenoxy) is 1. The van der Waals surface area contributed by atoms with E-state index in [0.29, 0.717) is 16.9 Å². The second kappa shape index (κ2) is 4.42. The summed E-state index contributed by atoms with van der Waals surface area (Å²) in [7, 11) is 1.56. The molecule has 14 heavy (non-hydrogen) atoms. The van der Waals surface area contributed by atoms with E-state index in [4.69, 9.17) is 4.74 Å². The number of hydrogen-bond donors (Lipinski definition) is 0. The van der Waals surface area contributed by atoms with Crippen LogP contribution in [0.3, 0.4) is 0 Å². The lowest BCUT2D eigenvalue weighted by molar-refractivity contribution is 0.103. The fourth-order valence-corrected chi connectivity index (χ4v) is 1.46. The first-order valence-corrected chi connectivity index (χ1v) is 4.89. The van der Waals surface area contributed by atoms with Crippen molar-refractivity contribution in [3.8, 4) is 5.75 Å².